The highest BCUT2D eigenvalue weighted by Gasteiger charge is 2.30. The molecule has 1 atom stereocenters. The van der Waals surface area contributed by atoms with Gasteiger partial charge in [-0.3, -0.25) is 4.90 Å². The summed E-state index contributed by atoms with van der Waals surface area (Å²) in [6.07, 6.45) is 1.59. The standard InChI is InChI=1S/C22H23ClN4O3S/c1-17(22-24-21(25-30-22)19-5-3-2-4-6-19)26-12-14-27(15-13-26)31(28,29)16-11-18-7-9-20(23)10-8-18/h2-11,16-17H,12-15H2,1H3/b16-11+. The Morgan fingerprint density at radius 1 is 1.03 bits per heavy atom. The van der Waals surface area contributed by atoms with Crippen LogP contribution in [0.25, 0.3) is 17.5 Å². The fourth-order valence-electron chi connectivity index (χ4n) is 3.44. The van der Waals surface area contributed by atoms with E-state index in [9.17, 15) is 8.42 Å². The van der Waals surface area contributed by atoms with Crippen LogP contribution in [0, 0.1) is 0 Å². The fourth-order valence-corrected chi connectivity index (χ4v) is 4.73. The number of benzene rings is 2. The Bertz CT molecular complexity index is 1140. The molecule has 1 fully saturated rings. The van der Waals surface area contributed by atoms with Crippen LogP contribution in [0.5, 0.6) is 0 Å². The highest BCUT2D eigenvalue weighted by molar-refractivity contribution is 7.92. The van der Waals surface area contributed by atoms with Gasteiger partial charge in [-0.1, -0.05) is 59.2 Å². The highest BCUT2D eigenvalue weighted by Crippen LogP contribution is 2.24. The van der Waals surface area contributed by atoms with Gasteiger partial charge in [0.2, 0.25) is 21.7 Å². The minimum Gasteiger partial charge on any atom is -0.337 e. The van der Waals surface area contributed by atoms with Crippen molar-refractivity contribution in [1.82, 2.24) is 19.3 Å². The second-order valence-corrected chi connectivity index (χ2v) is 9.59. The third-order valence-corrected chi connectivity index (χ3v) is 7.13. The topological polar surface area (TPSA) is 79.5 Å². The van der Waals surface area contributed by atoms with Gasteiger partial charge < -0.3 is 4.52 Å². The SMILES string of the molecule is CC(c1nc(-c2ccccc2)no1)N1CCN(S(=O)(=O)/C=C/c2ccc(Cl)cc2)CC1. The van der Waals surface area contributed by atoms with Crippen molar-refractivity contribution < 1.29 is 12.9 Å². The first-order chi connectivity index (χ1) is 14.9. The predicted molar refractivity (Wildman–Crippen MR) is 121 cm³/mol. The Kier molecular flexibility index (Phi) is 6.52. The van der Waals surface area contributed by atoms with Gasteiger partial charge in [0.25, 0.3) is 0 Å². The lowest BCUT2D eigenvalue weighted by Gasteiger charge is -2.35. The van der Waals surface area contributed by atoms with Crippen molar-refractivity contribution in [3.8, 4) is 11.4 Å². The Balaban J connectivity index is 1.37. The van der Waals surface area contributed by atoms with Crippen molar-refractivity contribution in [2.75, 3.05) is 26.2 Å². The normalized spacial score (nSPS) is 17.2. The molecular weight excluding hydrogens is 436 g/mol. The van der Waals surface area contributed by atoms with E-state index >= 15 is 0 Å². The number of hydrogen-bond donors (Lipinski definition) is 0. The van der Waals surface area contributed by atoms with Crippen molar-refractivity contribution in [3.63, 3.8) is 0 Å². The molecule has 0 aliphatic carbocycles. The van der Waals surface area contributed by atoms with E-state index in [1.807, 2.05) is 37.3 Å². The van der Waals surface area contributed by atoms with Crippen LogP contribution in [-0.2, 0) is 10.0 Å². The molecule has 1 aromatic heterocycles. The molecule has 1 saturated heterocycles. The average Bonchev–Trinajstić information content (AvgIpc) is 3.29. The third-order valence-electron chi connectivity index (χ3n) is 5.31. The van der Waals surface area contributed by atoms with E-state index in [2.05, 4.69) is 15.0 Å². The Morgan fingerprint density at radius 3 is 2.39 bits per heavy atom. The lowest BCUT2D eigenvalue weighted by Crippen LogP contribution is -2.48. The first-order valence-electron chi connectivity index (χ1n) is 9.99. The molecule has 162 valence electrons. The van der Waals surface area contributed by atoms with Crippen molar-refractivity contribution in [2.24, 2.45) is 0 Å². The molecule has 9 heteroatoms. The summed E-state index contributed by atoms with van der Waals surface area (Å²) in [5.41, 5.74) is 1.68. The molecule has 1 unspecified atom stereocenters. The number of hydrogen-bond acceptors (Lipinski definition) is 6. The van der Waals surface area contributed by atoms with Gasteiger partial charge in [0.05, 0.1) is 6.04 Å². The van der Waals surface area contributed by atoms with Crippen LogP contribution in [0.2, 0.25) is 5.02 Å². The van der Waals surface area contributed by atoms with E-state index in [1.54, 1.807) is 30.3 Å². The second kappa shape index (κ2) is 9.32. The van der Waals surface area contributed by atoms with E-state index in [-0.39, 0.29) is 6.04 Å². The zero-order valence-electron chi connectivity index (χ0n) is 17.1. The van der Waals surface area contributed by atoms with Gasteiger partial charge in [-0.2, -0.15) is 9.29 Å². The van der Waals surface area contributed by atoms with Gasteiger partial charge in [0.15, 0.2) is 0 Å². The summed E-state index contributed by atoms with van der Waals surface area (Å²) in [5.74, 6) is 1.08. The summed E-state index contributed by atoms with van der Waals surface area (Å²) in [7, 11) is -3.50. The van der Waals surface area contributed by atoms with Gasteiger partial charge in [0, 0.05) is 42.2 Å². The number of nitrogens with zero attached hydrogens (tertiary/aromatic N) is 4. The van der Waals surface area contributed by atoms with Crippen LogP contribution in [0.4, 0.5) is 0 Å². The molecule has 0 radical (unpaired) electrons. The maximum atomic E-state index is 12.7. The molecule has 31 heavy (non-hydrogen) atoms. The maximum absolute atomic E-state index is 12.7. The zero-order valence-corrected chi connectivity index (χ0v) is 18.6. The molecule has 2 aromatic carbocycles. The van der Waals surface area contributed by atoms with E-state index in [0.717, 1.165) is 11.1 Å². The van der Waals surface area contributed by atoms with Crippen LogP contribution in [0.1, 0.15) is 24.4 Å². The van der Waals surface area contributed by atoms with Crippen molar-refractivity contribution >= 4 is 27.7 Å². The van der Waals surface area contributed by atoms with Crippen LogP contribution < -0.4 is 0 Å². The summed E-state index contributed by atoms with van der Waals surface area (Å²) in [6, 6.07) is 16.6. The molecule has 0 amide bonds. The molecule has 2 heterocycles. The van der Waals surface area contributed by atoms with Crippen molar-refractivity contribution in [1.29, 1.82) is 0 Å². The first kappa shape index (κ1) is 21.7. The quantitative estimate of drug-likeness (QED) is 0.554. The molecule has 1 aliphatic rings. The number of sulfonamides is 1. The summed E-state index contributed by atoms with van der Waals surface area (Å²) >= 11 is 5.87. The molecular formula is C22H23ClN4O3S. The van der Waals surface area contributed by atoms with Crippen molar-refractivity contribution in [3.05, 3.63) is 76.5 Å². The molecule has 0 bridgehead atoms. The maximum Gasteiger partial charge on any atom is 0.244 e. The smallest absolute Gasteiger partial charge is 0.244 e. The van der Waals surface area contributed by atoms with Crippen LogP contribution in [0.15, 0.2) is 64.5 Å². The second-order valence-electron chi connectivity index (χ2n) is 7.33. The molecule has 0 spiro atoms. The Morgan fingerprint density at radius 2 is 1.71 bits per heavy atom. The van der Waals surface area contributed by atoms with Crippen molar-refractivity contribution in [2.45, 2.75) is 13.0 Å². The minimum atomic E-state index is -3.50. The van der Waals surface area contributed by atoms with Crippen LogP contribution >= 0.6 is 11.6 Å². The van der Waals surface area contributed by atoms with Gasteiger partial charge in [-0.15, -0.1) is 0 Å². The van der Waals surface area contributed by atoms with Crippen LogP contribution in [0.3, 0.4) is 0 Å². The lowest BCUT2D eigenvalue weighted by molar-refractivity contribution is 0.124. The third kappa shape index (κ3) is 5.22. The minimum absolute atomic E-state index is 0.0978. The highest BCUT2D eigenvalue weighted by atomic mass is 35.5. The predicted octanol–water partition coefficient (Wildman–Crippen LogP) is 4.07. The Labute approximate surface area is 187 Å². The number of halogens is 1. The summed E-state index contributed by atoms with van der Waals surface area (Å²) < 4.78 is 32.3. The summed E-state index contributed by atoms with van der Waals surface area (Å²) in [5, 5.41) is 5.94. The molecule has 0 N–H and O–H groups in total. The van der Waals surface area contributed by atoms with E-state index in [1.165, 1.54) is 9.71 Å². The van der Waals surface area contributed by atoms with Crippen LogP contribution in [-0.4, -0.2) is 53.9 Å². The van der Waals surface area contributed by atoms with E-state index in [0.29, 0.717) is 42.9 Å². The van der Waals surface area contributed by atoms with Gasteiger partial charge in [-0.25, -0.2) is 8.42 Å². The average molecular weight is 459 g/mol. The summed E-state index contributed by atoms with van der Waals surface area (Å²) in [4.78, 5) is 6.67. The molecule has 0 saturated carbocycles. The molecule has 7 nitrogen and oxygen atoms in total. The largest absolute Gasteiger partial charge is 0.337 e. The van der Waals surface area contributed by atoms with Gasteiger partial charge in [0.1, 0.15) is 0 Å². The Hall–Kier alpha value is -2.52. The summed E-state index contributed by atoms with van der Waals surface area (Å²) in [6.45, 7) is 3.96. The fraction of sp³-hybridized carbons (Fsp3) is 0.273. The number of aromatic nitrogens is 2. The monoisotopic (exact) mass is 458 g/mol. The lowest BCUT2D eigenvalue weighted by atomic mass is 10.2. The van der Waals surface area contributed by atoms with E-state index < -0.39 is 10.0 Å². The van der Waals surface area contributed by atoms with Gasteiger partial charge >= 0.3 is 0 Å². The molecule has 4 rings (SSSR count). The van der Waals surface area contributed by atoms with E-state index in [4.69, 9.17) is 16.1 Å². The number of piperazine rings is 1. The van der Waals surface area contributed by atoms with Gasteiger partial charge in [-0.05, 0) is 30.7 Å². The molecule has 1 aliphatic heterocycles. The number of rotatable bonds is 6. The molecule has 3 aromatic rings. The zero-order chi connectivity index (χ0) is 21.8. The first-order valence-corrected chi connectivity index (χ1v) is 11.9.